The predicted molar refractivity (Wildman–Crippen MR) is 267 cm³/mol. The van der Waals surface area contributed by atoms with E-state index in [1.54, 1.807) is 12.3 Å². The molecule has 2 aliphatic rings. The standard InChI is InChI=1S/C57H43N5S/c1-37(59-32-14-31-58)46-35-48-47-33-44(39-17-8-3-9-18-39)26-30-53(47)63-56(48)54-49-34-43(38-15-6-2-7-16-38)25-29-52(49)62(55(46)54)45-27-23-41(24-28-45)51-36-50(40-19-10-4-11-20-40)60-57(61-51)42-21-12-5-13-22-42/h2-21,23,25-36,41-42,58H,22,24H2,1H3/b32-14-,58-31?,59-37+. The Kier molecular flexibility index (Phi) is 9.98. The Balaban J connectivity index is 1.12. The quantitative estimate of drug-likeness (QED) is 0.147. The van der Waals surface area contributed by atoms with Crippen molar-refractivity contribution in [2.75, 3.05) is 0 Å². The molecule has 5 nitrogen and oxygen atoms in total. The normalized spacial score (nSPS) is 16.5. The smallest absolute Gasteiger partial charge is 0.136 e. The van der Waals surface area contributed by atoms with Crippen LogP contribution in [0.1, 0.15) is 48.7 Å². The van der Waals surface area contributed by atoms with Crippen LogP contribution in [0.4, 0.5) is 0 Å². The second-order valence-corrected chi connectivity index (χ2v) is 17.3. The lowest BCUT2D eigenvalue weighted by atomic mass is 9.93. The fraction of sp³-hybridized carbons (Fsp3) is 0.0877. The van der Waals surface area contributed by atoms with Crippen LogP contribution >= 0.6 is 11.3 Å². The number of hydrogen-bond acceptors (Lipinski definition) is 5. The number of aromatic nitrogens is 3. The summed E-state index contributed by atoms with van der Waals surface area (Å²) in [6.45, 7) is 2.09. The lowest BCUT2D eigenvalue weighted by molar-refractivity contribution is 0.731. The van der Waals surface area contributed by atoms with E-state index in [0.717, 1.165) is 63.6 Å². The second kappa shape index (κ2) is 16.4. The molecule has 0 fully saturated rings. The topological polar surface area (TPSA) is 66.9 Å². The van der Waals surface area contributed by atoms with Gasteiger partial charge in [0.05, 0.1) is 22.4 Å². The molecule has 1 N–H and O–H groups in total. The molecule has 3 heterocycles. The van der Waals surface area contributed by atoms with E-state index >= 15 is 0 Å². The molecule has 0 spiro atoms. The fourth-order valence-corrected chi connectivity index (χ4v) is 10.5. The third-order valence-electron chi connectivity index (χ3n) is 12.4. The molecule has 0 bridgehead atoms. The van der Waals surface area contributed by atoms with Crippen molar-refractivity contribution in [1.82, 2.24) is 14.5 Å². The van der Waals surface area contributed by atoms with Crippen LogP contribution in [0.15, 0.2) is 199 Å². The van der Waals surface area contributed by atoms with Crippen LogP contribution in [0, 0.1) is 5.41 Å². The van der Waals surface area contributed by atoms with Gasteiger partial charge in [-0.2, -0.15) is 0 Å². The molecule has 0 aliphatic heterocycles. The number of aliphatic imine (C=N–C) groups is 1. The third-order valence-corrected chi connectivity index (χ3v) is 13.6. The molecule has 0 saturated heterocycles. The van der Waals surface area contributed by atoms with Gasteiger partial charge in [0.15, 0.2) is 0 Å². The molecule has 63 heavy (non-hydrogen) atoms. The third kappa shape index (κ3) is 7.08. The second-order valence-electron chi connectivity index (χ2n) is 16.2. The van der Waals surface area contributed by atoms with Gasteiger partial charge in [-0.25, -0.2) is 9.97 Å². The first kappa shape index (κ1) is 38.4. The number of benzene rings is 6. The number of hydrogen-bond donors (Lipinski definition) is 1. The van der Waals surface area contributed by atoms with Crippen LogP contribution in [-0.2, 0) is 0 Å². The van der Waals surface area contributed by atoms with Gasteiger partial charge in [-0.3, -0.25) is 4.99 Å². The van der Waals surface area contributed by atoms with Gasteiger partial charge in [0.25, 0.3) is 0 Å². The largest absolute Gasteiger partial charge is 0.309 e. The average molecular weight is 830 g/mol. The van der Waals surface area contributed by atoms with Crippen molar-refractivity contribution in [2.45, 2.75) is 31.6 Å². The lowest BCUT2D eigenvalue weighted by Crippen LogP contribution is -2.10. The summed E-state index contributed by atoms with van der Waals surface area (Å²) >= 11 is 1.87. The predicted octanol–water partition coefficient (Wildman–Crippen LogP) is 15.1. The zero-order valence-electron chi connectivity index (χ0n) is 34.8. The van der Waals surface area contributed by atoms with Crippen LogP contribution in [0.2, 0.25) is 0 Å². The van der Waals surface area contributed by atoms with E-state index in [4.69, 9.17) is 20.4 Å². The van der Waals surface area contributed by atoms with Crippen LogP contribution in [0.3, 0.4) is 0 Å². The summed E-state index contributed by atoms with van der Waals surface area (Å²) in [7, 11) is 0. The van der Waals surface area contributed by atoms with Crippen LogP contribution in [0.25, 0.3) is 81.2 Å². The average Bonchev–Trinajstić information content (AvgIpc) is 3.90. The molecule has 0 amide bonds. The summed E-state index contributed by atoms with van der Waals surface area (Å²) in [6.07, 6.45) is 22.0. The van der Waals surface area contributed by atoms with Gasteiger partial charge >= 0.3 is 0 Å². The van der Waals surface area contributed by atoms with E-state index in [1.807, 2.05) is 17.4 Å². The van der Waals surface area contributed by atoms with E-state index in [1.165, 1.54) is 59.4 Å². The molecular formula is C57H43N5S. The highest BCUT2D eigenvalue weighted by Crippen LogP contribution is 2.47. The Hall–Kier alpha value is -7.54. The summed E-state index contributed by atoms with van der Waals surface area (Å²) in [5, 5.41) is 12.6. The fourth-order valence-electron chi connectivity index (χ4n) is 9.23. The van der Waals surface area contributed by atoms with Crippen molar-refractivity contribution in [1.29, 1.82) is 5.41 Å². The summed E-state index contributed by atoms with van der Waals surface area (Å²) in [5.74, 6) is 1.09. The maximum absolute atomic E-state index is 7.67. The van der Waals surface area contributed by atoms with Crippen LogP contribution in [-0.4, -0.2) is 26.5 Å². The maximum Gasteiger partial charge on any atom is 0.136 e. The van der Waals surface area contributed by atoms with Gasteiger partial charge in [-0.05, 0) is 90.6 Å². The van der Waals surface area contributed by atoms with E-state index < -0.39 is 0 Å². The molecule has 302 valence electrons. The van der Waals surface area contributed by atoms with Crippen molar-refractivity contribution in [2.24, 2.45) is 4.99 Å². The van der Waals surface area contributed by atoms with Crippen LogP contribution in [0.5, 0.6) is 0 Å². The number of allylic oxidation sites excluding steroid dienone is 9. The van der Waals surface area contributed by atoms with Crippen molar-refractivity contribution in [3.05, 3.63) is 211 Å². The highest BCUT2D eigenvalue weighted by atomic mass is 32.1. The molecule has 9 aromatic rings. The molecule has 11 rings (SSSR count). The van der Waals surface area contributed by atoms with Gasteiger partial charge in [0, 0.05) is 77.7 Å². The van der Waals surface area contributed by atoms with E-state index in [-0.39, 0.29) is 11.8 Å². The minimum absolute atomic E-state index is 0.0842. The van der Waals surface area contributed by atoms with Gasteiger partial charge < -0.3 is 9.98 Å². The monoisotopic (exact) mass is 829 g/mol. The summed E-state index contributed by atoms with van der Waals surface area (Å²) in [6, 6.07) is 50.1. The van der Waals surface area contributed by atoms with Crippen molar-refractivity contribution in [3.63, 3.8) is 0 Å². The van der Waals surface area contributed by atoms with E-state index in [9.17, 15) is 0 Å². The van der Waals surface area contributed by atoms with Crippen LogP contribution < -0.4 is 0 Å². The number of nitrogens with zero attached hydrogens (tertiary/aromatic N) is 4. The van der Waals surface area contributed by atoms with Crippen molar-refractivity contribution in [3.8, 4) is 33.5 Å². The van der Waals surface area contributed by atoms with Crippen molar-refractivity contribution >= 4 is 70.9 Å². The zero-order valence-corrected chi connectivity index (χ0v) is 35.6. The van der Waals surface area contributed by atoms with E-state index in [0.29, 0.717) is 0 Å². The number of fused-ring (bicyclic) bond motifs is 7. The molecule has 2 aliphatic carbocycles. The molecule has 2 unspecified atom stereocenters. The Morgan fingerprint density at radius 2 is 1.41 bits per heavy atom. The first-order valence-corrected chi connectivity index (χ1v) is 22.4. The SMILES string of the molecule is C/C(=N\C=C/C=N)c1cc2c3cc(-c4ccccc4)ccc3sc2c2c3cc(-c4ccccc4)ccc3n(C3=CCC(c4cc(-c5ccccc5)nc(C5C=CC=CC5)n4)C=C3)c12. The minimum Gasteiger partial charge on any atom is -0.309 e. The summed E-state index contributed by atoms with van der Waals surface area (Å²) in [5.41, 5.74) is 13.2. The maximum atomic E-state index is 7.67. The zero-order chi connectivity index (χ0) is 42.3. The Morgan fingerprint density at radius 3 is 2.10 bits per heavy atom. The highest BCUT2D eigenvalue weighted by molar-refractivity contribution is 7.26. The molecule has 0 radical (unpaired) electrons. The molecule has 6 aromatic carbocycles. The van der Waals surface area contributed by atoms with E-state index in [2.05, 4.69) is 187 Å². The van der Waals surface area contributed by atoms with Crippen molar-refractivity contribution < 1.29 is 0 Å². The first-order chi connectivity index (χ1) is 31.1. The summed E-state index contributed by atoms with van der Waals surface area (Å²) < 4.78 is 4.97. The first-order valence-electron chi connectivity index (χ1n) is 21.6. The van der Waals surface area contributed by atoms with Gasteiger partial charge in [-0.1, -0.05) is 140 Å². The molecular weight excluding hydrogens is 787 g/mol. The Labute approximate surface area is 370 Å². The van der Waals surface area contributed by atoms with Gasteiger partial charge in [0.2, 0.25) is 0 Å². The Morgan fingerprint density at radius 1 is 0.698 bits per heavy atom. The number of nitrogens with one attached hydrogen (secondary N) is 1. The number of thiophene rings is 1. The summed E-state index contributed by atoms with van der Waals surface area (Å²) in [4.78, 5) is 15.3. The highest BCUT2D eigenvalue weighted by Gasteiger charge is 2.25. The molecule has 0 saturated carbocycles. The molecule has 3 aromatic heterocycles. The Bertz CT molecular complexity index is 3420. The molecule has 2 atom stereocenters. The minimum atomic E-state index is 0.0842. The van der Waals surface area contributed by atoms with Gasteiger partial charge in [0.1, 0.15) is 5.82 Å². The molecule has 6 heteroatoms. The lowest BCUT2D eigenvalue weighted by Gasteiger charge is -2.21. The number of rotatable bonds is 9. The van der Waals surface area contributed by atoms with Gasteiger partial charge in [-0.15, -0.1) is 11.3 Å².